The Morgan fingerprint density at radius 3 is 2.27 bits per heavy atom. The fraction of sp³-hybridized carbons (Fsp3) is 0.667. The molecule has 1 amide bonds. The number of hydrogen-bond acceptors (Lipinski definition) is 8. The van der Waals surface area contributed by atoms with Gasteiger partial charge >= 0.3 is 12.3 Å². The van der Waals surface area contributed by atoms with Gasteiger partial charge in [0, 0.05) is 66.7 Å². The average Bonchev–Trinajstić information content (AvgIpc) is 2.86. The van der Waals surface area contributed by atoms with Crippen LogP contribution in [0.3, 0.4) is 0 Å². The highest BCUT2D eigenvalue weighted by molar-refractivity contribution is 14.1. The molecule has 3 saturated heterocycles. The number of anilines is 2. The van der Waals surface area contributed by atoms with Crippen molar-refractivity contribution >= 4 is 67.3 Å². The number of ether oxygens (including phenoxy) is 2. The van der Waals surface area contributed by atoms with Crippen LogP contribution in [-0.4, -0.2) is 104 Å². The first kappa shape index (κ1) is 30.6. The number of benzene rings is 1. The van der Waals surface area contributed by atoms with Gasteiger partial charge in [-0.25, -0.2) is 9.78 Å². The van der Waals surface area contributed by atoms with Gasteiger partial charge in [0.15, 0.2) is 12.4 Å². The van der Waals surface area contributed by atoms with Gasteiger partial charge in [-0.3, -0.25) is 0 Å². The molecule has 14 heteroatoms. The minimum Gasteiger partial charge on any atom is -0.481 e. The molecule has 1 spiro atoms. The van der Waals surface area contributed by atoms with E-state index < -0.39 is 18.4 Å². The van der Waals surface area contributed by atoms with Gasteiger partial charge in [-0.1, -0.05) is 0 Å². The lowest BCUT2D eigenvalue weighted by atomic mass is 9.72. The molecule has 0 radical (unpaired) electrons. The Bertz CT molecular complexity index is 1300. The lowest BCUT2D eigenvalue weighted by Gasteiger charge is -2.53. The molecule has 1 aromatic heterocycles. The van der Waals surface area contributed by atoms with Crippen LogP contribution in [0.4, 0.5) is 29.7 Å². The third-order valence-electron chi connectivity index (χ3n) is 7.80. The minimum absolute atomic E-state index is 0.0367. The predicted molar refractivity (Wildman–Crippen MR) is 163 cm³/mol. The maximum atomic E-state index is 13.2. The number of aromatic nitrogens is 2. The molecule has 0 unspecified atom stereocenters. The molecule has 9 nitrogen and oxygen atoms in total. The number of piperazine rings is 1. The van der Waals surface area contributed by atoms with Crippen LogP contribution in [0, 0.1) is 8.99 Å². The van der Waals surface area contributed by atoms with Gasteiger partial charge in [-0.15, -0.1) is 0 Å². The summed E-state index contributed by atoms with van der Waals surface area (Å²) in [6.45, 7) is 10.0. The van der Waals surface area contributed by atoms with E-state index in [0.29, 0.717) is 56.9 Å². The summed E-state index contributed by atoms with van der Waals surface area (Å²) in [5.41, 5.74) is -0.136. The first-order valence-corrected chi connectivity index (χ1v) is 15.6. The Hall–Kier alpha value is -1.81. The van der Waals surface area contributed by atoms with Gasteiger partial charge in [0.1, 0.15) is 16.9 Å². The number of amides is 1. The average molecular weight is 755 g/mol. The van der Waals surface area contributed by atoms with Crippen molar-refractivity contribution in [2.75, 3.05) is 75.8 Å². The molecule has 0 N–H and O–H groups in total. The van der Waals surface area contributed by atoms with Gasteiger partial charge in [0.05, 0.1) is 4.47 Å². The van der Waals surface area contributed by atoms with Crippen molar-refractivity contribution in [3.8, 4) is 5.75 Å². The zero-order valence-corrected chi connectivity index (χ0v) is 27.4. The van der Waals surface area contributed by atoms with E-state index in [9.17, 15) is 18.0 Å². The van der Waals surface area contributed by atoms with Crippen LogP contribution in [0.15, 0.2) is 10.5 Å². The predicted octanol–water partition coefficient (Wildman–Crippen LogP) is 5.53. The number of likely N-dealkylation sites (N-methyl/N-ethyl adjacent to an activating group) is 1. The molecule has 226 valence electrons. The van der Waals surface area contributed by atoms with E-state index in [4.69, 9.17) is 19.4 Å². The van der Waals surface area contributed by atoms with Gasteiger partial charge in [-0.05, 0) is 85.2 Å². The Balaban J connectivity index is 1.44. The second-order valence-corrected chi connectivity index (χ2v) is 14.2. The van der Waals surface area contributed by atoms with E-state index in [1.54, 1.807) is 4.90 Å². The van der Waals surface area contributed by atoms with Crippen LogP contribution in [0.5, 0.6) is 5.75 Å². The zero-order chi connectivity index (χ0) is 29.7. The summed E-state index contributed by atoms with van der Waals surface area (Å²) in [6.07, 6.45) is -3.03. The zero-order valence-electron chi connectivity index (χ0n) is 23.7. The summed E-state index contributed by atoms with van der Waals surface area (Å²) in [5, 5.41) is 0.660. The molecule has 0 bridgehead atoms. The third-order valence-corrected chi connectivity index (χ3v) is 10.2. The molecule has 0 atom stereocenters. The number of fused-ring (bicyclic) bond motifs is 1. The van der Waals surface area contributed by atoms with Crippen LogP contribution in [0.1, 0.15) is 33.6 Å². The Labute approximate surface area is 260 Å². The molecule has 2 aromatic rings. The number of piperidine rings is 1. The topological polar surface area (TPSA) is 74.3 Å². The molecule has 3 fully saturated rings. The van der Waals surface area contributed by atoms with Gasteiger partial charge in [0.2, 0.25) is 5.95 Å². The molecule has 0 aliphatic carbocycles. The van der Waals surface area contributed by atoms with Crippen molar-refractivity contribution in [3.05, 3.63) is 14.1 Å². The minimum atomic E-state index is -4.49. The van der Waals surface area contributed by atoms with Crippen LogP contribution in [0.25, 0.3) is 10.9 Å². The fourth-order valence-corrected chi connectivity index (χ4v) is 6.53. The maximum absolute atomic E-state index is 13.2. The Morgan fingerprint density at radius 2 is 1.68 bits per heavy atom. The van der Waals surface area contributed by atoms with E-state index in [0.717, 1.165) is 39.0 Å². The number of likely N-dealkylation sites (tertiary alicyclic amines) is 1. The highest BCUT2D eigenvalue weighted by Gasteiger charge is 2.48. The van der Waals surface area contributed by atoms with E-state index in [1.165, 1.54) is 0 Å². The number of halogens is 5. The third kappa shape index (κ3) is 6.89. The summed E-state index contributed by atoms with van der Waals surface area (Å²) < 4.78 is 51.6. The summed E-state index contributed by atoms with van der Waals surface area (Å²) >= 11 is 5.54. The molecular formula is C27H35BrF3IN6O3. The van der Waals surface area contributed by atoms with Gasteiger partial charge in [0.25, 0.3) is 0 Å². The largest absolute Gasteiger partial charge is 0.481 e. The number of hydrogen-bond donors (Lipinski definition) is 0. The fourth-order valence-electron chi connectivity index (χ4n) is 5.56. The van der Waals surface area contributed by atoms with Crippen LogP contribution >= 0.6 is 38.5 Å². The molecule has 41 heavy (non-hydrogen) atoms. The normalized spacial score (nSPS) is 20.0. The van der Waals surface area contributed by atoms with E-state index >= 15 is 0 Å². The second kappa shape index (κ2) is 11.4. The molecule has 5 rings (SSSR count). The molecule has 3 aliphatic rings. The van der Waals surface area contributed by atoms with E-state index in [2.05, 4.69) is 60.3 Å². The lowest BCUT2D eigenvalue weighted by Crippen LogP contribution is -2.62. The van der Waals surface area contributed by atoms with Crippen molar-refractivity contribution in [3.63, 3.8) is 0 Å². The number of alkyl halides is 3. The summed E-state index contributed by atoms with van der Waals surface area (Å²) in [5.74, 6) is 1.26. The summed E-state index contributed by atoms with van der Waals surface area (Å²) in [7, 11) is 2.06. The number of carbonyl (C=O) groups excluding carboxylic acids is 1. The molecular weight excluding hydrogens is 720 g/mol. The summed E-state index contributed by atoms with van der Waals surface area (Å²) in [6, 6.07) is 1.90. The van der Waals surface area contributed by atoms with E-state index in [1.807, 2.05) is 26.8 Å². The lowest BCUT2D eigenvalue weighted by molar-refractivity contribution is -0.153. The van der Waals surface area contributed by atoms with Crippen LogP contribution in [0.2, 0.25) is 0 Å². The highest BCUT2D eigenvalue weighted by Crippen LogP contribution is 2.45. The Morgan fingerprint density at radius 1 is 1.05 bits per heavy atom. The standard InChI is InChI=1S/C27H35BrF3IN6O3/c1-25(2,3)41-24(39)38-14-26(15-38)5-7-36(8-6-26)22-17-13-18(32)19(28)21(40-16-27(29,30)31)20(17)33-23(34-22)37-11-9-35(4)10-12-37/h13H,5-12,14-16H2,1-4H3. The van der Waals surface area contributed by atoms with Crippen molar-refractivity contribution in [2.45, 2.75) is 45.4 Å². The SMILES string of the molecule is CN1CCN(c2nc(N3CCC4(CC3)CN(C(=O)OC(C)(C)C)C4)c3cc(I)c(Br)c(OCC(F)(F)F)c3n2)CC1. The van der Waals surface area contributed by atoms with Crippen LogP contribution in [-0.2, 0) is 4.74 Å². The monoisotopic (exact) mass is 754 g/mol. The summed E-state index contributed by atoms with van der Waals surface area (Å²) in [4.78, 5) is 30.5. The Kier molecular flexibility index (Phi) is 8.49. The highest BCUT2D eigenvalue weighted by atomic mass is 127. The van der Waals surface area contributed by atoms with Crippen molar-refractivity contribution in [1.29, 1.82) is 0 Å². The molecule has 0 saturated carbocycles. The quantitative estimate of drug-likeness (QED) is 0.378. The first-order chi connectivity index (χ1) is 19.1. The van der Waals surface area contributed by atoms with Gasteiger partial charge < -0.3 is 29.1 Å². The number of rotatable bonds is 4. The maximum Gasteiger partial charge on any atom is 0.422 e. The molecule has 4 heterocycles. The van der Waals surface area contributed by atoms with Crippen LogP contribution < -0.4 is 14.5 Å². The number of carbonyl (C=O) groups is 1. The molecule has 3 aliphatic heterocycles. The number of nitrogens with zero attached hydrogens (tertiary/aromatic N) is 6. The van der Waals surface area contributed by atoms with E-state index in [-0.39, 0.29) is 17.3 Å². The molecule has 1 aromatic carbocycles. The first-order valence-electron chi connectivity index (χ1n) is 13.7. The van der Waals surface area contributed by atoms with Crippen molar-refractivity contribution in [2.24, 2.45) is 5.41 Å². The van der Waals surface area contributed by atoms with Crippen molar-refractivity contribution < 1.29 is 27.4 Å². The van der Waals surface area contributed by atoms with Gasteiger partial charge in [-0.2, -0.15) is 18.2 Å². The van der Waals surface area contributed by atoms with Crippen molar-refractivity contribution in [1.82, 2.24) is 19.8 Å². The second-order valence-electron chi connectivity index (χ2n) is 12.3. The smallest absolute Gasteiger partial charge is 0.422 e.